The zero-order valence-corrected chi connectivity index (χ0v) is 38.4. The monoisotopic (exact) mass is 909 g/mol. The van der Waals surface area contributed by atoms with Gasteiger partial charge in [-0.3, -0.25) is 14.2 Å². The van der Waals surface area contributed by atoms with Gasteiger partial charge in [-0.1, -0.05) is 24.3 Å². The Hall–Kier alpha value is -7.05. The van der Waals surface area contributed by atoms with Crippen LogP contribution >= 0.6 is 22.7 Å². The number of amides is 2. The summed E-state index contributed by atoms with van der Waals surface area (Å²) < 4.78 is 9.32. The molecular formula is C47H51N13O3S2. The van der Waals surface area contributed by atoms with Crippen molar-refractivity contribution in [1.29, 1.82) is 0 Å². The third-order valence-corrected chi connectivity index (χ3v) is 13.5. The maximum Gasteiger partial charge on any atom is 0.304 e. The maximum atomic E-state index is 12.0. The third kappa shape index (κ3) is 8.66. The Balaban J connectivity index is 0.000000164. The highest BCUT2D eigenvalue weighted by atomic mass is 32.1. The highest BCUT2D eigenvalue weighted by Crippen LogP contribution is 2.36. The zero-order valence-electron chi connectivity index (χ0n) is 36.8. The zero-order chi connectivity index (χ0) is 45.2. The highest BCUT2D eigenvalue weighted by Gasteiger charge is 2.26. The normalized spacial score (nSPS) is 13.7. The maximum absolute atomic E-state index is 12.0. The van der Waals surface area contributed by atoms with E-state index in [4.69, 9.17) is 36.1 Å². The molecule has 334 valence electrons. The van der Waals surface area contributed by atoms with Crippen molar-refractivity contribution < 1.29 is 14.3 Å². The van der Waals surface area contributed by atoms with Crippen molar-refractivity contribution >= 4 is 79.4 Å². The Bertz CT molecular complexity index is 3020. The number of methoxy groups -OCH3 is 1. The van der Waals surface area contributed by atoms with E-state index in [1.54, 1.807) is 45.4 Å². The summed E-state index contributed by atoms with van der Waals surface area (Å²) in [6, 6.07) is 21.5. The molecule has 0 saturated heterocycles. The van der Waals surface area contributed by atoms with E-state index in [0.717, 1.165) is 103 Å². The summed E-state index contributed by atoms with van der Waals surface area (Å²) in [7, 11) is 5.73. The van der Waals surface area contributed by atoms with Crippen LogP contribution in [0.25, 0.3) is 33.8 Å². The Morgan fingerprint density at radius 2 is 1.22 bits per heavy atom. The minimum atomic E-state index is -0.546. The Kier molecular flexibility index (Phi) is 12.4. The second kappa shape index (κ2) is 18.6. The smallest absolute Gasteiger partial charge is 0.304 e. The molecule has 0 spiro atoms. The van der Waals surface area contributed by atoms with Gasteiger partial charge < -0.3 is 36.6 Å². The predicted octanol–water partition coefficient (Wildman–Crippen LogP) is 7.64. The quantitative estimate of drug-likeness (QED) is 0.0990. The first-order valence-corrected chi connectivity index (χ1v) is 23.4. The van der Waals surface area contributed by atoms with Gasteiger partial charge in [-0.05, 0) is 98.7 Å². The molecule has 16 nitrogen and oxygen atoms in total. The van der Waals surface area contributed by atoms with Gasteiger partial charge in [0.2, 0.25) is 17.8 Å². The fourth-order valence-electron chi connectivity index (χ4n) is 8.70. The number of nitrogens with two attached hydrogens (primary N) is 2. The van der Waals surface area contributed by atoms with Gasteiger partial charge in [0.15, 0.2) is 11.6 Å². The largest absolute Gasteiger partial charge is 0.468 e. The molecule has 6 aromatic heterocycles. The van der Waals surface area contributed by atoms with Crippen molar-refractivity contribution in [3.05, 3.63) is 115 Å². The standard InChI is InChI=1S/C24H26N6OS.C23H25N7O2S/c1-15-13-18-17(22(25)31)8-5-10-20(18)30(15)24-27-19-9-3-4-11-29(2)21(19)23(28-24)26-14-16-7-6-12-32-16;1-29-11-4-3-9-16-19(29)21(25-13-14-7-6-12-33-14)28-22(26-16)30-17-10-5-8-15(20(24)31)18(17)27-23(30)32-2/h5-8,10,12-13H,3-4,9,11,14H2,1-2H3,(H2,25,31)(H,26,27,28);5-8,10,12H,3-4,9,11,13H2,1-2H3,(H2,24,31)(H,25,26,28). The van der Waals surface area contributed by atoms with Gasteiger partial charge in [0.1, 0.15) is 16.9 Å². The summed E-state index contributed by atoms with van der Waals surface area (Å²) in [5, 5.41) is 12.1. The average Bonchev–Trinajstić information content (AvgIpc) is 4.11. The lowest BCUT2D eigenvalue weighted by Gasteiger charge is -2.23. The number of fused-ring (bicyclic) bond motifs is 4. The van der Waals surface area contributed by atoms with Crippen LogP contribution in [0.3, 0.4) is 0 Å². The molecule has 65 heavy (non-hydrogen) atoms. The number of imidazole rings is 1. The minimum Gasteiger partial charge on any atom is -0.468 e. The Morgan fingerprint density at radius 1 is 0.677 bits per heavy atom. The molecule has 0 fully saturated rings. The van der Waals surface area contributed by atoms with Crippen molar-refractivity contribution in [2.45, 2.75) is 58.5 Å². The molecule has 2 aromatic carbocycles. The molecule has 0 unspecified atom stereocenters. The number of anilines is 4. The first-order chi connectivity index (χ1) is 31.6. The number of aryl methyl sites for hydroxylation is 3. The van der Waals surface area contributed by atoms with E-state index in [1.165, 1.54) is 16.9 Å². The Morgan fingerprint density at radius 3 is 1.74 bits per heavy atom. The molecule has 6 N–H and O–H groups in total. The van der Waals surface area contributed by atoms with E-state index in [-0.39, 0.29) is 0 Å². The number of nitrogens with zero attached hydrogens (tertiary/aromatic N) is 9. The van der Waals surface area contributed by atoms with Gasteiger partial charge in [0.25, 0.3) is 5.91 Å². The molecule has 0 aliphatic carbocycles. The molecule has 0 radical (unpaired) electrons. The fraction of sp³-hybridized carbons (Fsp3) is 0.298. The molecule has 8 heterocycles. The van der Waals surface area contributed by atoms with Crippen LogP contribution in [0.5, 0.6) is 6.01 Å². The van der Waals surface area contributed by atoms with Crippen molar-refractivity contribution in [2.75, 3.05) is 54.7 Å². The molecule has 10 rings (SSSR count). The number of aromatic nitrogens is 7. The van der Waals surface area contributed by atoms with Gasteiger partial charge in [-0.2, -0.15) is 15.0 Å². The van der Waals surface area contributed by atoms with Gasteiger partial charge in [0, 0.05) is 53.6 Å². The number of hydrogen-bond acceptors (Lipinski definition) is 14. The molecule has 2 aliphatic heterocycles. The molecule has 8 aromatic rings. The molecule has 18 heteroatoms. The number of carbonyl (C=O) groups excluding carboxylic acids is 2. The number of ether oxygens (including phenoxy) is 1. The Labute approximate surface area is 384 Å². The van der Waals surface area contributed by atoms with Crippen molar-refractivity contribution in [3.63, 3.8) is 0 Å². The van der Waals surface area contributed by atoms with Crippen LogP contribution < -0.4 is 36.6 Å². The van der Waals surface area contributed by atoms with Gasteiger partial charge in [-0.25, -0.2) is 14.5 Å². The van der Waals surface area contributed by atoms with E-state index in [1.807, 2.05) is 41.8 Å². The fourth-order valence-corrected chi connectivity index (χ4v) is 9.99. The van der Waals surface area contributed by atoms with Crippen LogP contribution in [-0.4, -0.2) is 80.2 Å². The number of carbonyl (C=O) groups is 2. The van der Waals surface area contributed by atoms with E-state index >= 15 is 0 Å². The lowest BCUT2D eigenvalue weighted by Crippen LogP contribution is -2.22. The number of para-hydroxylation sites is 1. The van der Waals surface area contributed by atoms with Crippen molar-refractivity contribution in [3.8, 4) is 17.9 Å². The van der Waals surface area contributed by atoms with Crippen LogP contribution in [0.15, 0.2) is 77.5 Å². The number of rotatable bonds is 11. The molecular weight excluding hydrogens is 859 g/mol. The van der Waals surface area contributed by atoms with Crippen LogP contribution in [0, 0.1) is 6.92 Å². The van der Waals surface area contributed by atoms with Crippen LogP contribution in [0.1, 0.15) is 73.2 Å². The van der Waals surface area contributed by atoms with E-state index in [9.17, 15) is 9.59 Å². The summed E-state index contributed by atoms with van der Waals surface area (Å²) in [6.45, 7) is 5.32. The minimum absolute atomic E-state index is 0.296. The summed E-state index contributed by atoms with van der Waals surface area (Å²) in [4.78, 5) is 55.3. The van der Waals surface area contributed by atoms with Gasteiger partial charge >= 0.3 is 6.01 Å². The SMILES string of the molecule is COc1nc2c(C(N)=O)cccc2n1-c1nc2c(c(NCc3cccs3)n1)N(C)CCCC2.Cc1cc2c(C(N)=O)cccc2n1-c1nc2c(c(NCc3cccs3)n1)N(C)CCCC2. The number of primary amides is 2. The van der Waals surface area contributed by atoms with Crippen LogP contribution in [0.2, 0.25) is 0 Å². The lowest BCUT2D eigenvalue weighted by molar-refractivity contribution is 0.0993. The summed E-state index contributed by atoms with van der Waals surface area (Å²) >= 11 is 3.43. The molecule has 2 aliphatic rings. The van der Waals surface area contributed by atoms with Crippen molar-refractivity contribution in [1.82, 2.24) is 34.1 Å². The summed E-state index contributed by atoms with van der Waals surface area (Å²) in [5.74, 6) is 1.68. The van der Waals surface area contributed by atoms with E-state index < -0.39 is 11.8 Å². The van der Waals surface area contributed by atoms with E-state index in [2.05, 4.69) is 68.5 Å². The van der Waals surface area contributed by atoms with Crippen LogP contribution in [-0.2, 0) is 25.9 Å². The first-order valence-electron chi connectivity index (χ1n) is 21.6. The van der Waals surface area contributed by atoms with Gasteiger partial charge in [0.05, 0.1) is 48.2 Å². The molecule has 0 atom stereocenters. The number of thiophene rings is 2. The highest BCUT2D eigenvalue weighted by molar-refractivity contribution is 7.10. The lowest BCUT2D eigenvalue weighted by atomic mass is 10.1. The van der Waals surface area contributed by atoms with Crippen LogP contribution in [0.4, 0.5) is 23.0 Å². The second-order valence-electron chi connectivity index (χ2n) is 16.2. The first kappa shape index (κ1) is 43.2. The summed E-state index contributed by atoms with van der Waals surface area (Å²) in [6.07, 6.45) is 6.12. The molecule has 0 saturated carbocycles. The molecule has 2 amide bonds. The van der Waals surface area contributed by atoms with E-state index in [0.29, 0.717) is 53.2 Å². The number of nitrogens with one attached hydrogen (secondary N) is 2. The topological polar surface area (TPSA) is 200 Å². The predicted molar refractivity (Wildman–Crippen MR) is 260 cm³/mol. The second-order valence-corrected chi connectivity index (χ2v) is 18.2. The number of hydrogen-bond donors (Lipinski definition) is 4. The average molecular weight is 910 g/mol. The summed E-state index contributed by atoms with van der Waals surface area (Å²) in [5.41, 5.74) is 19.1. The van der Waals surface area contributed by atoms with Crippen molar-refractivity contribution in [2.24, 2.45) is 11.5 Å². The van der Waals surface area contributed by atoms with Gasteiger partial charge in [-0.15, -0.1) is 22.7 Å². The molecule has 0 bridgehead atoms. The third-order valence-electron chi connectivity index (χ3n) is 11.8. The number of benzene rings is 2.